The minimum absolute atomic E-state index is 0.281. The van der Waals surface area contributed by atoms with Crippen LogP contribution in [0.2, 0.25) is 0 Å². The van der Waals surface area contributed by atoms with Crippen LogP contribution in [-0.4, -0.2) is 27.9 Å². The van der Waals surface area contributed by atoms with E-state index in [1.165, 1.54) is 35.9 Å². The summed E-state index contributed by atoms with van der Waals surface area (Å²) in [4.78, 5) is 29.2. The Morgan fingerprint density at radius 3 is 2.56 bits per heavy atom. The van der Waals surface area contributed by atoms with Crippen molar-refractivity contribution >= 4 is 28.6 Å². The van der Waals surface area contributed by atoms with Crippen molar-refractivity contribution in [2.45, 2.75) is 17.3 Å². The van der Waals surface area contributed by atoms with E-state index in [0.717, 1.165) is 11.8 Å². The third kappa shape index (κ3) is 3.41. The molecule has 25 heavy (non-hydrogen) atoms. The second-order valence-corrected chi connectivity index (χ2v) is 6.62. The van der Waals surface area contributed by atoms with Gasteiger partial charge in [0.2, 0.25) is 0 Å². The van der Waals surface area contributed by atoms with E-state index in [2.05, 4.69) is 4.98 Å². The number of nitrogens with zero attached hydrogens (tertiary/aromatic N) is 2. The fraction of sp³-hybridized carbons (Fsp3) is 0.167. The van der Waals surface area contributed by atoms with Crippen molar-refractivity contribution < 1.29 is 13.9 Å². The fourth-order valence-electron chi connectivity index (χ4n) is 2.38. The van der Waals surface area contributed by atoms with Crippen molar-refractivity contribution in [1.82, 2.24) is 9.55 Å². The number of carbonyl (C=O) groups is 1. The predicted octanol–water partition coefficient (Wildman–Crippen LogP) is 3.18. The van der Waals surface area contributed by atoms with Gasteiger partial charge in [0.1, 0.15) is 11.1 Å². The van der Waals surface area contributed by atoms with E-state index >= 15 is 0 Å². The lowest BCUT2D eigenvalue weighted by Gasteiger charge is -2.15. The van der Waals surface area contributed by atoms with Crippen molar-refractivity contribution in [2.75, 3.05) is 7.11 Å². The molecule has 0 aliphatic heterocycles. The topological polar surface area (TPSA) is 61.2 Å². The summed E-state index contributed by atoms with van der Waals surface area (Å²) in [5, 5.41) is 0.236. The molecule has 0 radical (unpaired) electrons. The number of thioether (sulfide) groups is 1. The lowest BCUT2D eigenvalue weighted by Crippen LogP contribution is -2.24. The standard InChI is InChI=1S/C18H15FN2O3S/c1-11(17(23)24-2)25-18-20-15-6-4-3-5-14(15)16(22)21(18)13-9-7-12(19)8-10-13/h3-11H,1-2H3. The van der Waals surface area contributed by atoms with Crippen LogP contribution in [0.4, 0.5) is 4.39 Å². The minimum Gasteiger partial charge on any atom is -0.468 e. The van der Waals surface area contributed by atoms with E-state index in [9.17, 15) is 14.0 Å². The molecule has 0 aliphatic rings. The Bertz CT molecular complexity index is 986. The van der Waals surface area contributed by atoms with Crippen molar-refractivity contribution in [3.63, 3.8) is 0 Å². The Morgan fingerprint density at radius 1 is 1.20 bits per heavy atom. The van der Waals surface area contributed by atoms with Crippen LogP contribution in [0.25, 0.3) is 16.6 Å². The molecule has 5 nitrogen and oxygen atoms in total. The Morgan fingerprint density at radius 2 is 1.88 bits per heavy atom. The number of ether oxygens (including phenoxy) is 1. The van der Waals surface area contributed by atoms with E-state index in [1.54, 1.807) is 31.2 Å². The third-order valence-electron chi connectivity index (χ3n) is 3.65. The summed E-state index contributed by atoms with van der Waals surface area (Å²) in [6.07, 6.45) is 0. The highest BCUT2D eigenvalue weighted by molar-refractivity contribution is 8.00. The molecule has 128 valence electrons. The summed E-state index contributed by atoms with van der Waals surface area (Å²) < 4.78 is 19.4. The van der Waals surface area contributed by atoms with Crippen LogP contribution in [0, 0.1) is 5.82 Å². The molecule has 0 aliphatic carbocycles. The highest BCUT2D eigenvalue weighted by Crippen LogP contribution is 2.25. The number of para-hydroxylation sites is 1. The number of benzene rings is 2. The summed E-state index contributed by atoms with van der Waals surface area (Å²) in [7, 11) is 1.31. The molecular weight excluding hydrogens is 343 g/mol. The van der Waals surface area contributed by atoms with Gasteiger partial charge in [-0.1, -0.05) is 23.9 Å². The number of carbonyl (C=O) groups excluding carboxylic acids is 1. The largest absolute Gasteiger partial charge is 0.468 e. The van der Waals surface area contributed by atoms with Crippen LogP contribution >= 0.6 is 11.8 Å². The first-order valence-corrected chi connectivity index (χ1v) is 8.41. The number of halogens is 1. The molecule has 7 heteroatoms. The molecule has 0 saturated heterocycles. The first-order valence-electron chi connectivity index (χ1n) is 7.53. The zero-order valence-corrected chi connectivity index (χ0v) is 14.4. The molecule has 0 saturated carbocycles. The van der Waals surface area contributed by atoms with E-state index in [4.69, 9.17) is 4.74 Å². The molecule has 1 atom stereocenters. The summed E-state index contributed by atoms with van der Waals surface area (Å²) in [6, 6.07) is 12.5. The Hall–Kier alpha value is -2.67. The maximum Gasteiger partial charge on any atom is 0.318 e. The Labute approximate surface area is 147 Å². The maximum atomic E-state index is 13.2. The van der Waals surface area contributed by atoms with Crippen LogP contribution in [0.3, 0.4) is 0 Å². The van der Waals surface area contributed by atoms with Crippen LogP contribution < -0.4 is 5.56 Å². The normalized spacial score (nSPS) is 12.1. The van der Waals surface area contributed by atoms with Crippen LogP contribution in [0.15, 0.2) is 58.5 Å². The molecule has 0 spiro atoms. The number of fused-ring (bicyclic) bond motifs is 1. The van der Waals surface area contributed by atoms with Gasteiger partial charge >= 0.3 is 5.97 Å². The molecular formula is C18H15FN2O3S. The van der Waals surface area contributed by atoms with E-state index in [-0.39, 0.29) is 5.56 Å². The van der Waals surface area contributed by atoms with Gasteiger partial charge in [-0.3, -0.25) is 14.2 Å². The van der Waals surface area contributed by atoms with E-state index < -0.39 is 17.0 Å². The average Bonchev–Trinajstić information content (AvgIpc) is 2.62. The molecule has 1 heterocycles. The van der Waals surface area contributed by atoms with Crippen molar-refractivity contribution in [3.8, 4) is 5.69 Å². The van der Waals surface area contributed by atoms with Crippen molar-refractivity contribution in [1.29, 1.82) is 0 Å². The highest BCUT2D eigenvalue weighted by atomic mass is 32.2. The molecule has 3 rings (SSSR count). The number of hydrogen-bond donors (Lipinski definition) is 0. The summed E-state index contributed by atoms with van der Waals surface area (Å²) in [6.45, 7) is 1.67. The van der Waals surface area contributed by atoms with Gasteiger partial charge in [-0.05, 0) is 43.3 Å². The smallest absolute Gasteiger partial charge is 0.318 e. The zero-order valence-electron chi connectivity index (χ0n) is 13.6. The van der Waals surface area contributed by atoms with Crippen LogP contribution in [0.1, 0.15) is 6.92 Å². The number of hydrogen-bond acceptors (Lipinski definition) is 5. The lowest BCUT2D eigenvalue weighted by atomic mass is 10.2. The zero-order chi connectivity index (χ0) is 18.0. The molecule has 2 aromatic carbocycles. The molecule has 0 bridgehead atoms. The average molecular weight is 358 g/mol. The SMILES string of the molecule is COC(=O)C(C)Sc1nc2ccccc2c(=O)n1-c1ccc(F)cc1. The first kappa shape index (κ1) is 17.2. The Balaban J connectivity index is 2.22. The lowest BCUT2D eigenvalue weighted by molar-refractivity contribution is -0.139. The fourth-order valence-corrected chi connectivity index (χ4v) is 3.33. The molecule has 0 fully saturated rings. The van der Waals surface area contributed by atoms with Gasteiger partial charge in [0.05, 0.1) is 23.7 Å². The van der Waals surface area contributed by atoms with Gasteiger partial charge in [0.15, 0.2) is 5.16 Å². The second kappa shape index (κ2) is 7.06. The third-order valence-corrected chi connectivity index (χ3v) is 4.68. The number of methoxy groups -OCH3 is 1. The van der Waals surface area contributed by atoms with Crippen molar-refractivity contribution in [2.24, 2.45) is 0 Å². The molecule has 1 aromatic heterocycles. The van der Waals surface area contributed by atoms with Crippen LogP contribution in [-0.2, 0) is 9.53 Å². The van der Waals surface area contributed by atoms with Gasteiger partial charge < -0.3 is 4.74 Å². The summed E-state index contributed by atoms with van der Waals surface area (Å²) >= 11 is 1.11. The minimum atomic E-state index is -0.551. The second-order valence-electron chi connectivity index (χ2n) is 5.31. The molecule has 3 aromatic rings. The number of aromatic nitrogens is 2. The van der Waals surface area contributed by atoms with Gasteiger partial charge in [0.25, 0.3) is 5.56 Å². The van der Waals surface area contributed by atoms with Crippen molar-refractivity contribution in [3.05, 3.63) is 64.7 Å². The van der Waals surface area contributed by atoms with Gasteiger partial charge in [0, 0.05) is 0 Å². The van der Waals surface area contributed by atoms with E-state index in [0.29, 0.717) is 21.7 Å². The first-order chi connectivity index (χ1) is 12.0. The molecule has 0 amide bonds. The van der Waals surface area contributed by atoms with Gasteiger partial charge in [-0.2, -0.15) is 0 Å². The summed E-state index contributed by atoms with van der Waals surface area (Å²) in [5.74, 6) is -0.819. The van der Waals surface area contributed by atoms with Crippen LogP contribution in [0.5, 0.6) is 0 Å². The monoisotopic (exact) mass is 358 g/mol. The van der Waals surface area contributed by atoms with Gasteiger partial charge in [-0.25, -0.2) is 9.37 Å². The van der Waals surface area contributed by atoms with E-state index in [1.807, 2.05) is 0 Å². The quantitative estimate of drug-likeness (QED) is 0.407. The van der Waals surface area contributed by atoms with Gasteiger partial charge in [-0.15, -0.1) is 0 Å². The highest BCUT2D eigenvalue weighted by Gasteiger charge is 2.20. The Kier molecular flexibility index (Phi) is 4.85. The summed E-state index contributed by atoms with van der Waals surface area (Å²) in [5.41, 5.74) is 0.728. The number of esters is 1. The maximum absolute atomic E-state index is 13.2. The molecule has 1 unspecified atom stereocenters. The predicted molar refractivity (Wildman–Crippen MR) is 94.6 cm³/mol. The number of rotatable bonds is 4. The molecule has 0 N–H and O–H groups in total.